The molecule has 0 unspecified atom stereocenters. The quantitative estimate of drug-likeness (QED) is 0.483. The summed E-state index contributed by atoms with van der Waals surface area (Å²) in [6.07, 6.45) is 0.818. The minimum Gasteiger partial charge on any atom is -0.464 e. The number of rotatable bonds is 6. The molecule has 0 bridgehead atoms. The third kappa shape index (κ3) is 3.61. The molecule has 0 radical (unpaired) electrons. The predicted molar refractivity (Wildman–Crippen MR) is 102 cm³/mol. The standard InChI is InChI=1S/C18H16N4O6/c1-11(19-15-7-6-13(21(25)26)9-17(15)22(27)28)8-12-10-20(18(23)24)16-5-3-2-4-14(12)16/h2-7,9-11,19H,8H2,1H3,(H,23,24)/t11-/m1/s1. The molecule has 3 aromatic rings. The Labute approximate surface area is 158 Å². The zero-order valence-corrected chi connectivity index (χ0v) is 14.7. The van der Waals surface area contributed by atoms with Crippen molar-refractivity contribution < 1.29 is 19.7 Å². The van der Waals surface area contributed by atoms with Crippen molar-refractivity contribution in [2.24, 2.45) is 0 Å². The Balaban J connectivity index is 1.88. The summed E-state index contributed by atoms with van der Waals surface area (Å²) in [6.45, 7) is 1.79. The molecule has 3 rings (SSSR count). The van der Waals surface area contributed by atoms with Gasteiger partial charge in [-0.05, 0) is 31.0 Å². The average Bonchev–Trinajstić information content (AvgIpc) is 3.00. The minimum atomic E-state index is -1.10. The second kappa shape index (κ2) is 7.35. The van der Waals surface area contributed by atoms with E-state index in [1.807, 2.05) is 6.07 Å². The van der Waals surface area contributed by atoms with Crippen LogP contribution in [-0.2, 0) is 6.42 Å². The van der Waals surface area contributed by atoms with Crippen molar-refractivity contribution in [1.82, 2.24) is 4.57 Å². The molecule has 2 aromatic carbocycles. The number of para-hydroxylation sites is 1. The normalized spacial score (nSPS) is 11.9. The van der Waals surface area contributed by atoms with E-state index < -0.39 is 21.6 Å². The zero-order chi connectivity index (χ0) is 20.4. The number of hydrogen-bond donors (Lipinski definition) is 2. The first-order valence-electron chi connectivity index (χ1n) is 8.29. The predicted octanol–water partition coefficient (Wildman–Crippen LogP) is 4.03. The highest BCUT2D eigenvalue weighted by Crippen LogP contribution is 2.30. The Bertz CT molecular complexity index is 1090. The Kier molecular flexibility index (Phi) is 4.94. The first-order chi connectivity index (χ1) is 13.3. The number of aromatic nitrogens is 1. The molecule has 0 aliphatic carbocycles. The van der Waals surface area contributed by atoms with E-state index >= 15 is 0 Å². The first-order valence-corrected chi connectivity index (χ1v) is 8.29. The van der Waals surface area contributed by atoms with Crippen LogP contribution in [0.25, 0.3) is 10.9 Å². The number of fused-ring (bicyclic) bond motifs is 1. The number of carbonyl (C=O) groups is 1. The molecule has 2 N–H and O–H groups in total. The van der Waals surface area contributed by atoms with Crippen LogP contribution in [0.2, 0.25) is 0 Å². The number of hydrogen-bond acceptors (Lipinski definition) is 6. The third-order valence-electron chi connectivity index (χ3n) is 4.32. The van der Waals surface area contributed by atoms with Crippen molar-refractivity contribution in [3.05, 3.63) is 74.5 Å². The smallest absolute Gasteiger partial charge is 0.416 e. The largest absolute Gasteiger partial charge is 0.464 e. The van der Waals surface area contributed by atoms with E-state index in [4.69, 9.17) is 0 Å². The summed E-state index contributed by atoms with van der Waals surface area (Å²) in [6, 6.07) is 10.2. The topological polar surface area (TPSA) is 141 Å². The number of nitro benzene ring substituents is 2. The second-order valence-corrected chi connectivity index (χ2v) is 6.29. The molecule has 0 aliphatic rings. The number of benzene rings is 2. The van der Waals surface area contributed by atoms with Crippen LogP contribution in [0, 0.1) is 20.2 Å². The van der Waals surface area contributed by atoms with Gasteiger partial charge in [-0.3, -0.25) is 24.8 Å². The van der Waals surface area contributed by atoms with Crippen molar-refractivity contribution in [3.8, 4) is 0 Å². The fraction of sp³-hybridized carbons (Fsp3) is 0.167. The average molecular weight is 384 g/mol. The van der Waals surface area contributed by atoms with Crippen molar-refractivity contribution >= 4 is 34.1 Å². The Morgan fingerprint density at radius 2 is 1.89 bits per heavy atom. The summed E-state index contributed by atoms with van der Waals surface area (Å²) >= 11 is 0. The van der Waals surface area contributed by atoms with Crippen LogP contribution in [-0.4, -0.2) is 31.7 Å². The molecule has 10 nitrogen and oxygen atoms in total. The molecule has 0 saturated heterocycles. The molecular weight excluding hydrogens is 368 g/mol. The lowest BCUT2D eigenvalue weighted by molar-refractivity contribution is -0.393. The highest BCUT2D eigenvalue weighted by Gasteiger charge is 2.21. The van der Waals surface area contributed by atoms with E-state index in [-0.39, 0.29) is 17.4 Å². The molecule has 0 amide bonds. The van der Waals surface area contributed by atoms with Crippen molar-refractivity contribution in [1.29, 1.82) is 0 Å². The van der Waals surface area contributed by atoms with Gasteiger partial charge in [-0.25, -0.2) is 4.79 Å². The Hall–Kier alpha value is -3.95. The minimum absolute atomic E-state index is 0.157. The van der Waals surface area contributed by atoms with Crippen LogP contribution in [0.15, 0.2) is 48.7 Å². The van der Waals surface area contributed by atoms with Gasteiger partial charge in [-0.15, -0.1) is 0 Å². The summed E-state index contributed by atoms with van der Waals surface area (Å²) in [7, 11) is 0. The first kappa shape index (κ1) is 18.8. The maximum atomic E-state index is 11.4. The second-order valence-electron chi connectivity index (χ2n) is 6.29. The molecule has 1 atom stereocenters. The summed E-state index contributed by atoms with van der Waals surface area (Å²) in [5.74, 6) is 0. The van der Waals surface area contributed by atoms with E-state index in [2.05, 4.69) is 5.32 Å². The molecule has 0 saturated carbocycles. The Morgan fingerprint density at radius 1 is 1.18 bits per heavy atom. The lowest BCUT2D eigenvalue weighted by atomic mass is 10.1. The van der Waals surface area contributed by atoms with Crippen LogP contribution >= 0.6 is 0 Å². The summed E-state index contributed by atoms with van der Waals surface area (Å²) in [4.78, 5) is 32.2. The fourth-order valence-corrected chi connectivity index (χ4v) is 3.12. The number of non-ortho nitro benzene ring substituents is 1. The van der Waals surface area contributed by atoms with E-state index in [0.29, 0.717) is 11.9 Å². The number of nitro groups is 2. The van der Waals surface area contributed by atoms with Crippen LogP contribution in [0.5, 0.6) is 0 Å². The maximum absolute atomic E-state index is 11.4. The van der Waals surface area contributed by atoms with E-state index in [9.17, 15) is 30.1 Å². The maximum Gasteiger partial charge on any atom is 0.416 e. The summed E-state index contributed by atoms with van der Waals surface area (Å²) in [5, 5.41) is 35.2. The lowest BCUT2D eigenvalue weighted by Gasteiger charge is -2.15. The molecular formula is C18H16N4O6. The van der Waals surface area contributed by atoms with Crippen LogP contribution in [0.1, 0.15) is 12.5 Å². The van der Waals surface area contributed by atoms with Gasteiger partial charge in [0.2, 0.25) is 0 Å². The number of anilines is 1. The molecule has 10 heteroatoms. The highest BCUT2D eigenvalue weighted by atomic mass is 16.6. The number of nitrogens with zero attached hydrogens (tertiary/aromatic N) is 3. The van der Waals surface area contributed by atoms with Gasteiger partial charge in [0.15, 0.2) is 0 Å². The van der Waals surface area contributed by atoms with Gasteiger partial charge in [0, 0.05) is 23.7 Å². The fourth-order valence-electron chi connectivity index (χ4n) is 3.12. The van der Waals surface area contributed by atoms with Crippen molar-refractivity contribution in [2.75, 3.05) is 5.32 Å². The highest BCUT2D eigenvalue weighted by molar-refractivity contribution is 5.91. The molecule has 144 valence electrons. The van der Waals surface area contributed by atoms with Crippen molar-refractivity contribution in [3.63, 3.8) is 0 Å². The summed E-state index contributed by atoms with van der Waals surface area (Å²) < 4.78 is 1.13. The van der Waals surface area contributed by atoms with Gasteiger partial charge in [0.05, 0.1) is 21.4 Å². The van der Waals surface area contributed by atoms with E-state index in [1.54, 1.807) is 25.1 Å². The molecule has 1 aromatic heterocycles. The van der Waals surface area contributed by atoms with Gasteiger partial charge < -0.3 is 10.4 Å². The molecule has 28 heavy (non-hydrogen) atoms. The van der Waals surface area contributed by atoms with Crippen LogP contribution < -0.4 is 5.32 Å². The zero-order valence-electron chi connectivity index (χ0n) is 14.7. The monoisotopic (exact) mass is 384 g/mol. The SMILES string of the molecule is C[C@H](Cc1cn(C(=O)O)c2ccccc12)Nc1ccc([N+](=O)[O-])cc1[N+](=O)[O-]. The number of nitrogens with one attached hydrogen (secondary N) is 1. The van der Waals surface area contributed by atoms with Crippen LogP contribution in [0.4, 0.5) is 21.9 Å². The van der Waals surface area contributed by atoms with Gasteiger partial charge >= 0.3 is 6.09 Å². The summed E-state index contributed by atoms with van der Waals surface area (Å²) in [5.41, 5.74) is 0.717. The van der Waals surface area contributed by atoms with E-state index in [1.165, 1.54) is 18.3 Å². The molecule has 1 heterocycles. The van der Waals surface area contributed by atoms with Gasteiger partial charge in [-0.2, -0.15) is 0 Å². The molecule has 0 fully saturated rings. The molecule has 0 aliphatic heterocycles. The molecule has 0 spiro atoms. The van der Waals surface area contributed by atoms with Gasteiger partial charge in [0.1, 0.15) is 5.69 Å². The van der Waals surface area contributed by atoms with Gasteiger partial charge in [-0.1, -0.05) is 18.2 Å². The number of carboxylic acid groups (broad SMARTS) is 1. The van der Waals surface area contributed by atoms with Crippen LogP contribution in [0.3, 0.4) is 0 Å². The lowest BCUT2D eigenvalue weighted by Crippen LogP contribution is -2.19. The third-order valence-corrected chi connectivity index (χ3v) is 4.32. The van der Waals surface area contributed by atoms with E-state index in [0.717, 1.165) is 21.6 Å². The van der Waals surface area contributed by atoms with Crippen molar-refractivity contribution in [2.45, 2.75) is 19.4 Å². The van der Waals surface area contributed by atoms with Gasteiger partial charge in [0.25, 0.3) is 11.4 Å². The Morgan fingerprint density at radius 3 is 2.54 bits per heavy atom.